The summed E-state index contributed by atoms with van der Waals surface area (Å²) in [6, 6.07) is 0. The highest BCUT2D eigenvalue weighted by molar-refractivity contribution is 5.71. The number of carbonyl (C=O) groups is 3. The van der Waals surface area contributed by atoms with Gasteiger partial charge in [-0.1, -0.05) is 232 Å². The number of esters is 3. The van der Waals surface area contributed by atoms with Crippen molar-refractivity contribution in [3.63, 3.8) is 0 Å². The van der Waals surface area contributed by atoms with Crippen LogP contribution in [0.2, 0.25) is 0 Å². The van der Waals surface area contributed by atoms with Crippen LogP contribution in [0, 0.1) is 0 Å². The lowest BCUT2D eigenvalue weighted by Gasteiger charge is -2.18. The fourth-order valence-corrected chi connectivity index (χ4v) is 6.58. The number of hydrogen-bond acceptors (Lipinski definition) is 6. The summed E-state index contributed by atoms with van der Waals surface area (Å²) in [5.41, 5.74) is 0. The van der Waals surface area contributed by atoms with E-state index in [1.54, 1.807) is 0 Å². The second-order valence-corrected chi connectivity index (χ2v) is 16.5. The van der Waals surface area contributed by atoms with Gasteiger partial charge in [0.15, 0.2) is 6.10 Å². The zero-order chi connectivity index (χ0) is 46.5. The Morgan fingerprint density at radius 2 is 0.625 bits per heavy atom. The third-order valence-electron chi connectivity index (χ3n) is 10.4. The molecule has 0 fully saturated rings. The van der Waals surface area contributed by atoms with Crippen molar-refractivity contribution >= 4 is 17.9 Å². The molecule has 0 aliphatic heterocycles. The molecule has 0 amide bonds. The maximum Gasteiger partial charge on any atom is 0.306 e. The van der Waals surface area contributed by atoms with Crippen molar-refractivity contribution in [3.05, 3.63) is 122 Å². The highest BCUT2D eigenvalue weighted by Gasteiger charge is 2.19. The summed E-state index contributed by atoms with van der Waals surface area (Å²) >= 11 is 0. The summed E-state index contributed by atoms with van der Waals surface area (Å²) in [4.78, 5) is 37.9. The Morgan fingerprint density at radius 3 is 1.03 bits per heavy atom. The maximum atomic E-state index is 12.8. The lowest BCUT2D eigenvalue weighted by atomic mass is 10.1. The van der Waals surface area contributed by atoms with Crippen LogP contribution in [-0.4, -0.2) is 37.2 Å². The topological polar surface area (TPSA) is 78.9 Å². The second-order valence-electron chi connectivity index (χ2n) is 16.5. The van der Waals surface area contributed by atoms with E-state index in [0.717, 1.165) is 89.9 Å². The van der Waals surface area contributed by atoms with Crippen molar-refractivity contribution < 1.29 is 28.6 Å². The van der Waals surface area contributed by atoms with Crippen LogP contribution < -0.4 is 0 Å². The average Bonchev–Trinajstić information content (AvgIpc) is 3.29. The first-order valence-corrected chi connectivity index (χ1v) is 25.7. The molecule has 0 saturated carbocycles. The molecule has 64 heavy (non-hydrogen) atoms. The van der Waals surface area contributed by atoms with Gasteiger partial charge in [0.1, 0.15) is 13.2 Å². The number of unbranched alkanes of at least 4 members (excludes halogenated alkanes) is 20. The van der Waals surface area contributed by atoms with Gasteiger partial charge in [-0.3, -0.25) is 14.4 Å². The molecule has 0 aromatic heterocycles. The largest absolute Gasteiger partial charge is 0.462 e. The minimum atomic E-state index is -0.823. The molecular formula is C58H92O6. The van der Waals surface area contributed by atoms with Crippen LogP contribution in [0.25, 0.3) is 0 Å². The van der Waals surface area contributed by atoms with Crippen LogP contribution in [0.15, 0.2) is 122 Å². The number of rotatable bonds is 44. The Balaban J connectivity index is 4.53. The fourth-order valence-electron chi connectivity index (χ4n) is 6.58. The summed E-state index contributed by atoms with van der Waals surface area (Å²) in [6.45, 7) is 6.25. The molecule has 0 spiro atoms. The summed E-state index contributed by atoms with van der Waals surface area (Å²) in [7, 11) is 0. The Hall–Kier alpha value is -4.19. The fraction of sp³-hybridized carbons (Fsp3) is 0.603. The van der Waals surface area contributed by atoms with Crippen LogP contribution >= 0.6 is 0 Å². The predicted molar refractivity (Wildman–Crippen MR) is 274 cm³/mol. The zero-order valence-corrected chi connectivity index (χ0v) is 41.0. The van der Waals surface area contributed by atoms with Crippen LogP contribution in [0.4, 0.5) is 0 Å². The van der Waals surface area contributed by atoms with Crippen molar-refractivity contribution in [1.82, 2.24) is 0 Å². The standard InChI is InChI=1S/C58H92O6/c1-4-7-10-13-16-19-22-25-27-28-29-31-33-36-39-42-45-48-51-57(60)63-54-55(53-62-56(59)50-47-44-41-38-35-32-24-21-18-15-12-9-6-3)64-58(61)52-49-46-43-40-37-34-30-26-23-20-17-14-11-8-5-2/h8-9,11-12,14-15,17-18,20-21,23-24,27-29,31-32,35,38,41,55H,4-7,10,13,16,19,22,25-26,30,33-34,36-37,39-40,42-54H2,1-3H3/b11-8-,12-9-,17-14-,18-15-,23-20-,24-21-,28-27-,31-29-,35-32-,41-38-. The summed E-state index contributed by atoms with van der Waals surface area (Å²) in [5.74, 6) is -1.03. The van der Waals surface area contributed by atoms with E-state index < -0.39 is 6.10 Å². The third-order valence-corrected chi connectivity index (χ3v) is 10.4. The first-order valence-electron chi connectivity index (χ1n) is 25.7. The molecule has 0 saturated heterocycles. The molecule has 0 heterocycles. The quantitative estimate of drug-likeness (QED) is 0.0262. The molecular weight excluding hydrogens is 793 g/mol. The first kappa shape index (κ1) is 59.8. The summed E-state index contributed by atoms with van der Waals surface area (Å²) < 4.78 is 16.7. The Bertz CT molecular complexity index is 1390. The molecule has 6 heteroatoms. The van der Waals surface area contributed by atoms with Gasteiger partial charge in [0.2, 0.25) is 0 Å². The molecule has 0 N–H and O–H groups in total. The molecule has 0 aromatic carbocycles. The second kappa shape index (κ2) is 51.4. The molecule has 0 aliphatic rings. The Kier molecular flexibility index (Phi) is 48.1. The van der Waals surface area contributed by atoms with E-state index in [0.29, 0.717) is 19.3 Å². The summed E-state index contributed by atoms with van der Waals surface area (Å²) in [6.07, 6.45) is 70.5. The first-order chi connectivity index (χ1) is 31.5. The number of allylic oxidation sites excluding steroid dienone is 20. The monoisotopic (exact) mass is 885 g/mol. The van der Waals surface area contributed by atoms with E-state index in [4.69, 9.17) is 14.2 Å². The van der Waals surface area contributed by atoms with Crippen molar-refractivity contribution in [2.75, 3.05) is 13.2 Å². The lowest BCUT2D eigenvalue weighted by molar-refractivity contribution is -0.167. The van der Waals surface area contributed by atoms with Gasteiger partial charge in [0.05, 0.1) is 0 Å². The third kappa shape index (κ3) is 48.8. The highest BCUT2D eigenvalue weighted by atomic mass is 16.6. The minimum Gasteiger partial charge on any atom is -0.462 e. The predicted octanol–water partition coefficient (Wildman–Crippen LogP) is 16.9. The van der Waals surface area contributed by atoms with E-state index in [-0.39, 0.29) is 37.5 Å². The molecule has 0 aliphatic carbocycles. The van der Waals surface area contributed by atoms with E-state index in [9.17, 15) is 14.4 Å². The van der Waals surface area contributed by atoms with Gasteiger partial charge < -0.3 is 14.2 Å². The van der Waals surface area contributed by atoms with Crippen molar-refractivity contribution in [1.29, 1.82) is 0 Å². The van der Waals surface area contributed by atoms with Crippen LogP contribution in [-0.2, 0) is 28.6 Å². The number of ether oxygens (including phenoxy) is 3. The van der Waals surface area contributed by atoms with Crippen molar-refractivity contribution in [2.24, 2.45) is 0 Å². The molecule has 0 bridgehead atoms. The average molecular weight is 885 g/mol. The highest BCUT2D eigenvalue weighted by Crippen LogP contribution is 2.13. The van der Waals surface area contributed by atoms with Gasteiger partial charge in [-0.25, -0.2) is 0 Å². The maximum absolute atomic E-state index is 12.8. The normalized spacial score (nSPS) is 13.1. The zero-order valence-electron chi connectivity index (χ0n) is 41.0. The lowest BCUT2D eigenvalue weighted by Crippen LogP contribution is -2.30. The van der Waals surface area contributed by atoms with Gasteiger partial charge in [0.25, 0.3) is 0 Å². The minimum absolute atomic E-state index is 0.117. The van der Waals surface area contributed by atoms with Crippen molar-refractivity contribution in [3.8, 4) is 0 Å². The van der Waals surface area contributed by atoms with Gasteiger partial charge in [0, 0.05) is 19.3 Å². The SMILES string of the molecule is CC\C=C/C=C\C=C/C=C\C=C/CCCC(=O)OCC(COC(=O)CCCCCCC/C=C\C=C/CCCCCCCCC)OC(=O)CCCCCCCCC\C=C/C=C\C=C/CC. The molecule has 360 valence electrons. The van der Waals surface area contributed by atoms with E-state index in [2.05, 4.69) is 87.6 Å². The Labute approximate surface area is 392 Å². The molecule has 0 rings (SSSR count). The molecule has 1 atom stereocenters. The van der Waals surface area contributed by atoms with Crippen LogP contribution in [0.1, 0.15) is 207 Å². The smallest absolute Gasteiger partial charge is 0.306 e. The van der Waals surface area contributed by atoms with Crippen LogP contribution in [0.3, 0.4) is 0 Å². The molecule has 0 aromatic rings. The molecule has 6 nitrogen and oxygen atoms in total. The Morgan fingerprint density at radius 1 is 0.328 bits per heavy atom. The van der Waals surface area contributed by atoms with E-state index >= 15 is 0 Å². The van der Waals surface area contributed by atoms with Crippen LogP contribution in [0.5, 0.6) is 0 Å². The molecule has 0 radical (unpaired) electrons. The molecule has 1 unspecified atom stereocenters. The van der Waals surface area contributed by atoms with Crippen molar-refractivity contribution in [2.45, 2.75) is 213 Å². The van der Waals surface area contributed by atoms with E-state index in [1.165, 1.54) is 70.6 Å². The van der Waals surface area contributed by atoms with Gasteiger partial charge in [-0.2, -0.15) is 0 Å². The van der Waals surface area contributed by atoms with Gasteiger partial charge in [-0.05, 0) is 77.0 Å². The number of hydrogen-bond donors (Lipinski definition) is 0. The summed E-state index contributed by atoms with van der Waals surface area (Å²) in [5, 5.41) is 0. The van der Waals surface area contributed by atoms with E-state index in [1.807, 2.05) is 54.7 Å². The van der Waals surface area contributed by atoms with Gasteiger partial charge in [-0.15, -0.1) is 0 Å². The van der Waals surface area contributed by atoms with Gasteiger partial charge >= 0.3 is 17.9 Å². The number of carbonyl (C=O) groups excluding carboxylic acids is 3.